The van der Waals surface area contributed by atoms with Gasteiger partial charge in [0.25, 0.3) is 0 Å². The molecule has 7 heteroatoms. The van der Waals surface area contributed by atoms with E-state index in [2.05, 4.69) is 15.5 Å². The predicted octanol–water partition coefficient (Wildman–Crippen LogP) is 1.25. The number of methoxy groups -OCH3 is 1. The van der Waals surface area contributed by atoms with Crippen LogP contribution in [0.4, 0.5) is 4.39 Å². The van der Waals surface area contributed by atoms with Crippen molar-refractivity contribution in [2.45, 2.75) is 0 Å². The highest BCUT2D eigenvalue weighted by Crippen LogP contribution is 2.18. The molecule has 19 heavy (non-hydrogen) atoms. The quantitative estimate of drug-likeness (QED) is 0.823. The first-order valence-corrected chi connectivity index (χ1v) is 5.57. The van der Waals surface area contributed by atoms with E-state index in [4.69, 9.17) is 9.15 Å². The summed E-state index contributed by atoms with van der Waals surface area (Å²) in [5, 5.41) is 9.85. The molecule has 1 aromatic heterocycles. The molecule has 0 spiro atoms. The van der Waals surface area contributed by atoms with Crippen molar-refractivity contribution in [1.82, 2.24) is 15.5 Å². The van der Waals surface area contributed by atoms with Gasteiger partial charge in [0, 0.05) is 19.2 Å². The first-order chi connectivity index (χ1) is 9.20. The lowest BCUT2D eigenvalue weighted by molar-refractivity contribution is 0.0903. The van der Waals surface area contributed by atoms with Crippen LogP contribution < -0.4 is 5.32 Å². The molecule has 0 atom stereocenters. The van der Waals surface area contributed by atoms with Crippen LogP contribution in [-0.4, -0.2) is 36.4 Å². The number of aromatic nitrogens is 2. The largest absolute Gasteiger partial charge is 0.412 e. The second-order valence-electron chi connectivity index (χ2n) is 3.67. The molecular weight excluding hydrogens is 253 g/mol. The Labute approximate surface area is 108 Å². The molecule has 0 bridgehead atoms. The first-order valence-electron chi connectivity index (χ1n) is 5.57. The second-order valence-corrected chi connectivity index (χ2v) is 3.67. The van der Waals surface area contributed by atoms with Crippen LogP contribution in [0.2, 0.25) is 0 Å². The first kappa shape index (κ1) is 13.2. The van der Waals surface area contributed by atoms with Gasteiger partial charge in [-0.3, -0.25) is 4.79 Å². The van der Waals surface area contributed by atoms with E-state index < -0.39 is 11.7 Å². The molecule has 6 nitrogen and oxygen atoms in total. The molecule has 100 valence electrons. The Hall–Kier alpha value is -2.28. The van der Waals surface area contributed by atoms with Gasteiger partial charge in [0.1, 0.15) is 5.82 Å². The van der Waals surface area contributed by atoms with Crippen LogP contribution in [-0.2, 0) is 4.74 Å². The zero-order valence-corrected chi connectivity index (χ0v) is 10.2. The SMILES string of the molecule is COCCNC(=O)c1nnc(-c2cccc(F)c2)o1. The maximum atomic E-state index is 13.0. The summed E-state index contributed by atoms with van der Waals surface area (Å²) in [7, 11) is 1.53. The Morgan fingerprint density at radius 1 is 1.47 bits per heavy atom. The monoisotopic (exact) mass is 265 g/mol. The second kappa shape index (κ2) is 6.05. The number of carbonyl (C=O) groups excluding carboxylic acids is 1. The molecule has 1 heterocycles. The van der Waals surface area contributed by atoms with E-state index in [-0.39, 0.29) is 11.8 Å². The van der Waals surface area contributed by atoms with Gasteiger partial charge < -0.3 is 14.5 Å². The molecule has 1 aromatic carbocycles. The van der Waals surface area contributed by atoms with Gasteiger partial charge in [-0.05, 0) is 18.2 Å². The maximum Gasteiger partial charge on any atom is 0.308 e. The van der Waals surface area contributed by atoms with Crippen molar-refractivity contribution in [2.24, 2.45) is 0 Å². The Balaban J connectivity index is 2.08. The third-order valence-corrected chi connectivity index (χ3v) is 2.28. The lowest BCUT2D eigenvalue weighted by atomic mass is 10.2. The van der Waals surface area contributed by atoms with E-state index in [1.54, 1.807) is 6.07 Å². The van der Waals surface area contributed by atoms with Crippen LogP contribution in [0.15, 0.2) is 28.7 Å². The average Bonchev–Trinajstić information content (AvgIpc) is 2.88. The number of amides is 1. The van der Waals surface area contributed by atoms with Crippen molar-refractivity contribution in [3.05, 3.63) is 36.0 Å². The van der Waals surface area contributed by atoms with Gasteiger partial charge in [0.15, 0.2) is 0 Å². The normalized spacial score (nSPS) is 10.4. The molecule has 0 saturated heterocycles. The van der Waals surface area contributed by atoms with E-state index in [0.29, 0.717) is 18.7 Å². The number of hydrogen-bond acceptors (Lipinski definition) is 5. The van der Waals surface area contributed by atoms with E-state index in [0.717, 1.165) is 0 Å². The Morgan fingerprint density at radius 3 is 3.05 bits per heavy atom. The van der Waals surface area contributed by atoms with Crippen molar-refractivity contribution >= 4 is 5.91 Å². The van der Waals surface area contributed by atoms with Gasteiger partial charge in [-0.2, -0.15) is 0 Å². The van der Waals surface area contributed by atoms with Crippen LogP contribution in [0.25, 0.3) is 11.5 Å². The van der Waals surface area contributed by atoms with Crippen LogP contribution in [0.1, 0.15) is 10.7 Å². The van der Waals surface area contributed by atoms with Gasteiger partial charge in [-0.25, -0.2) is 4.39 Å². The van der Waals surface area contributed by atoms with Gasteiger partial charge in [0.2, 0.25) is 5.89 Å². The maximum absolute atomic E-state index is 13.0. The molecule has 0 fully saturated rings. The summed E-state index contributed by atoms with van der Waals surface area (Å²) in [6, 6.07) is 5.69. The average molecular weight is 265 g/mol. The summed E-state index contributed by atoms with van der Waals surface area (Å²) < 4.78 is 23.0. The lowest BCUT2D eigenvalue weighted by Crippen LogP contribution is -2.27. The van der Waals surface area contributed by atoms with Crippen molar-refractivity contribution in [2.75, 3.05) is 20.3 Å². The van der Waals surface area contributed by atoms with Crippen molar-refractivity contribution in [3.63, 3.8) is 0 Å². The van der Waals surface area contributed by atoms with Crippen LogP contribution in [0.5, 0.6) is 0 Å². The highest BCUT2D eigenvalue weighted by molar-refractivity contribution is 5.89. The number of rotatable bonds is 5. The summed E-state index contributed by atoms with van der Waals surface area (Å²) in [5.41, 5.74) is 0.420. The Bertz CT molecular complexity index is 571. The van der Waals surface area contributed by atoms with Gasteiger partial charge in [0.05, 0.1) is 6.61 Å². The minimum atomic E-state index is -0.493. The molecule has 0 aliphatic rings. The summed E-state index contributed by atoms with van der Waals surface area (Å²) >= 11 is 0. The van der Waals surface area contributed by atoms with Crippen molar-refractivity contribution in [3.8, 4) is 11.5 Å². The van der Waals surface area contributed by atoms with Crippen LogP contribution in [0.3, 0.4) is 0 Å². The Kier molecular flexibility index (Phi) is 4.19. The van der Waals surface area contributed by atoms with Gasteiger partial charge in [-0.15, -0.1) is 10.2 Å². The molecule has 1 N–H and O–H groups in total. The number of nitrogens with one attached hydrogen (secondary N) is 1. The van der Waals surface area contributed by atoms with Crippen molar-refractivity contribution < 1.29 is 18.3 Å². The number of nitrogens with zero attached hydrogens (tertiary/aromatic N) is 2. The summed E-state index contributed by atoms with van der Waals surface area (Å²) in [6.07, 6.45) is 0. The fourth-order valence-corrected chi connectivity index (χ4v) is 1.40. The highest BCUT2D eigenvalue weighted by Gasteiger charge is 2.15. The summed E-state index contributed by atoms with van der Waals surface area (Å²) in [5.74, 6) is -0.985. The molecule has 2 rings (SSSR count). The van der Waals surface area contributed by atoms with Gasteiger partial charge >= 0.3 is 11.8 Å². The number of ether oxygens (including phenoxy) is 1. The number of hydrogen-bond donors (Lipinski definition) is 1. The molecule has 1 amide bonds. The van der Waals surface area contributed by atoms with E-state index >= 15 is 0 Å². The predicted molar refractivity (Wildman–Crippen MR) is 63.9 cm³/mol. The number of halogens is 1. The minimum absolute atomic E-state index is 0.0939. The third kappa shape index (κ3) is 3.35. The molecule has 0 aliphatic heterocycles. The molecule has 0 saturated carbocycles. The lowest BCUT2D eigenvalue weighted by Gasteiger charge is -1.99. The molecule has 0 unspecified atom stereocenters. The molecular formula is C12H12FN3O3. The van der Waals surface area contributed by atoms with Crippen LogP contribution >= 0.6 is 0 Å². The van der Waals surface area contributed by atoms with Gasteiger partial charge in [-0.1, -0.05) is 6.07 Å². The minimum Gasteiger partial charge on any atom is -0.412 e. The van der Waals surface area contributed by atoms with E-state index in [9.17, 15) is 9.18 Å². The zero-order chi connectivity index (χ0) is 13.7. The number of carbonyl (C=O) groups is 1. The summed E-state index contributed by atoms with van der Waals surface area (Å²) in [6.45, 7) is 0.726. The fourth-order valence-electron chi connectivity index (χ4n) is 1.40. The highest BCUT2D eigenvalue weighted by atomic mass is 19.1. The van der Waals surface area contributed by atoms with Crippen molar-refractivity contribution in [1.29, 1.82) is 0 Å². The smallest absolute Gasteiger partial charge is 0.308 e. The molecule has 2 aromatic rings. The number of benzene rings is 1. The summed E-state index contributed by atoms with van der Waals surface area (Å²) in [4.78, 5) is 11.6. The fraction of sp³-hybridized carbons (Fsp3) is 0.250. The molecule has 0 aliphatic carbocycles. The topological polar surface area (TPSA) is 77.2 Å². The standard InChI is InChI=1S/C12H12FN3O3/c1-18-6-5-14-10(17)12-16-15-11(19-12)8-3-2-4-9(13)7-8/h2-4,7H,5-6H2,1H3,(H,14,17). The van der Waals surface area contributed by atoms with Crippen LogP contribution in [0, 0.1) is 5.82 Å². The van der Waals surface area contributed by atoms with E-state index in [1.807, 2.05) is 0 Å². The zero-order valence-electron chi connectivity index (χ0n) is 10.2. The molecule has 0 radical (unpaired) electrons. The Morgan fingerprint density at radius 2 is 2.32 bits per heavy atom. The third-order valence-electron chi connectivity index (χ3n) is 2.28. The van der Waals surface area contributed by atoms with E-state index in [1.165, 1.54) is 25.3 Å².